The Balaban J connectivity index is 2.20. The monoisotopic (exact) mass is 285 g/mol. The Kier molecular flexibility index (Phi) is 7.60. The van der Waals surface area contributed by atoms with Gasteiger partial charge in [-0.05, 0) is 12.1 Å². The van der Waals surface area contributed by atoms with Crippen LogP contribution in [-0.2, 0) is 14.3 Å². The molecule has 0 spiro atoms. The fraction of sp³-hybridized carbons (Fsp3) is 0.500. The van der Waals surface area contributed by atoms with Gasteiger partial charge in [-0.1, -0.05) is 12.1 Å². The molecule has 1 aromatic rings. The zero-order valence-corrected chi connectivity index (χ0v) is 11.8. The van der Waals surface area contributed by atoms with E-state index >= 15 is 0 Å². The molecule has 0 saturated carbocycles. The number of amides is 1. The maximum atomic E-state index is 13.3. The van der Waals surface area contributed by atoms with Crippen LogP contribution in [0.3, 0.4) is 0 Å². The first-order chi connectivity index (χ1) is 9.65. The Morgan fingerprint density at radius 1 is 1.25 bits per heavy atom. The van der Waals surface area contributed by atoms with Crippen molar-refractivity contribution in [3.8, 4) is 5.75 Å². The van der Waals surface area contributed by atoms with E-state index in [9.17, 15) is 9.18 Å². The van der Waals surface area contributed by atoms with E-state index in [4.69, 9.17) is 14.2 Å². The lowest BCUT2D eigenvalue weighted by Crippen LogP contribution is -2.34. The van der Waals surface area contributed by atoms with Crippen LogP contribution in [0, 0.1) is 5.82 Å². The predicted octanol–water partition coefficient (Wildman–Crippen LogP) is 1.33. The molecule has 0 heterocycles. The molecule has 0 aromatic heterocycles. The summed E-state index contributed by atoms with van der Waals surface area (Å²) in [6, 6.07) is 6.16. The third-order valence-corrected chi connectivity index (χ3v) is 2.60. The van der Waals surface area contributed by atoms with Crippen LogP contribution < -0.4 is 4.74 Å². The van der Waals surface area contributed by atoms with Crippen molar-refractivity contribution in [3.63, 3.8) is 0 Å². The van der Waals surface area contributed by atoms with Crippen LogP contribution >= 0.6 is 0 Å². The van der Waals surface area contributed by atoms with Crippen LogP contribution in [0.2, 0.25) is 0 Å². The maximum Gasteiger partial charge on any atom is 0.248 e. The Labute approximate surface area is 118 Å². The highest BCUT2D eigenvalue weighted by Crippen LogP contribution is 2.14. The van der Waals surface area contributed by atoms with Crippen molar-refractivity contribution in [2.24, 2.45) is 0 Å². The summed E-state index contributed by atoms with van der Waals surface area (Å²) in [5, 5.41) is 0. The smallest absolute Gasteiger partial charge is 0.248 e. The molecule has 20 heavy (non-hydrogen) atoms. The lowest BCUT2D eigenvalue weighted by atomic mass is 10.3. The van der Waals surface area contributed by atoms with E-state index in [0.717, 1.165) is 0 Å². The average molecular weight is 285 g/mol. The van der Waals surface area contributed by atoms with Crippen LogP contribution in [0.5, 0.6) is 5.75 Å². The molecule has 6 heteroatoms. The molecule has 112 valence electrons. The van der Waals surface area contributed by atoms with E-state index in [-0.39, 0.29) is 24.9 Å². The van der Waals surface area contributed by atoms with Gasteiger partial charge in [0.1, 0.15) is 13.2 Å². The van der Waals surface area contributed by atoms with E-state index < -0.39 is 5.82 Å². The second-order valence-corrected chi connectivity index (χ2v) is 4.14. The Hall–Kier alpha value is -1.66. The van der Waals surface area contributed by atoms with Gasteiger partial charge in [0.25, 0.3) is 0 Å². The Bertz CT molecular complexity index is 414. The number of halogens is 1. The lowest BCUT2D eigenvalue weighted by Gasteiger charge is -2.17. The molecule has 0 atom stereocenters. The highest BCUT2D eigenvalue weighted by Gasteiger charge is 2.09. The average Bonchev–Trinajstić information content (AvgIpc) is 2.45. The van der Waals surface area contributed by atoms with E-state index in [1.165, 1.54) is 11.0 Å². The fourth-order valence-electron chi connectivity index (χ4n) is 1.39. The number of carbonyl (C=O) groups is 1. The van der Waals surface area contributed by atoms with Crippen molar-refractivity contribution in [2.75, 3.05) is 47.1 Å². The van der Waals surface area contributed by atoms with Crippen LogP contribution in [-0.4, -0.2) is 57.9 Å². The van der Waals surface area contributed by atoms with Crippen LogP contribution in [0.15, 0.2) is 24.3 Å². The number of para-hydroxylation sites is 1. The maximum absolute atomic E-state index is 13.3. The third kappa shape index (κ3) is 5.99. The Morgan fingerprint density at radius 3 is 2.70 bits per heavy atom. The van der Waals surface area contributed by atoms with Crippen molar-refractivity contribution in [1.29, 1.82) is 0 Å². The molecule has 0 radical (unpaired) electrons. The van der Waals surface area contributed by atoms with Gasteiger partial charge in [-0.2, -0.15) is 0 Å². The van der Waals surface area contributed by atoms with Crippen LogP contribution in [0.25, 0.3) is 0 Å². The summed E-state index contributed by atoms with van der Waals surface area (Å²) >= 11 is 0. The molecular formula is C14H20FNO4. The quantitative estimate of drug-likeness (QED) is 0.642. The normalized spacial score (nSPS) is 10.3. The minimum Gasteiger partial charge on any atom is -0.489 e. The summed E-state index contributed by atoms with van der Waals surface area (Å²) < 4.78 is 28.5. The first-order valence-corrected chi connectivity index (χ1v) is 6.33. The van der Waals surface area contributed by atoms with Gasteiger partial charge < -0.3 is 19.1 Å². The second-order valence-electron chi connectivity index (χ2n) is 4.14. The van der Waals surface area contributed by atoms with Gasteiger partial charge in [-0.15, -0.1) is 0 Å². The Morgan fingerprint density at radius 2 is 2.00 bits per heavy atom. The number of likely N-dealkylation sites (N-methyl/N-ethyl adjacent to an activating group) is 1. The highest BCUT2D eigenvalue weighted by molar-refractivity contribution is 5.77. The summed E-state index contributed by atoms with van der Waals surface area (Å²) in [5.41, 5.74) is 0. The molecule has 0 unspecified atom stereocenters. The van der Waals surface area contributed by atoms with Gasteiger partial charge in [0.2, 0.25) is 5.91 Å². The first-order valence-electron chi connectivity index (χ1n) is 6.33. The van der Waals surface area contributed by atoms with E-state index in [2.05, 4.69) is 0 Å². The third-order valence-electron chi connectivity index (χ3n) is 2.60. The molecule has 0 bridgehead atoms. The number of nitrogens with zero attached hydrogens (tertiary/aromatic N) is 1. The van der Waals surface area contributed by atoms with Gasteiger partial charge in [0.15, 0.2) is 11.6 Å². The number of hydrogen-bond acceptors (Lipinski definition) is 4. The number of benzene rings is 1. The molecule has 0 saturated heterocycles. The topological polar surface area (TPSA) is 48.0 Å². The molecule has 0 aliphatic heterocycles. The summed E-state index contributed by atoms with van der Waals surface area (Å²) in [5.74, 6) is -0.382. The van der Waals surface area contributed by atoms with Crippen LogP contribution in [0.4, 0.5) is 4.39 Å². The summed E-state index contributed by atoms with van der Waals surface area (Å²) in [6.45, 7) is 1.41. The van der Waals surface area contributed by atoms with Crippen molar-refractivity contribution >= 4 is 5.91 Å². The first kappa shape index (κ1) is 16.4. The summed E-state index contributed by atoms with van der Waals surface area (Å²) in [4.78, 5) is 13.1. The second kappa shape index (κ2) is 9.28. The molecule has 1 rings (SSSR count). The predicted molar refractivity (Wildman–Crippen MR) is 72.2 cm³/mol. The summed E-state index contributed by atoms with van der Waals surface area (Å²) in [6.07, 6.45) is 0. The number of ether oxygens (including phenoxy) is 3. The van der Waals surface area contributed by atoms with Crippen molar-refractivity contribution in [3.05, 3.63) is 30.1 Å². The highest BCUT2D eigenvalue weighted by atomic mass is 19.1. The van der Waals surface area contributed by atoms with Gasteiger partial charge in [0.05, 0.1) is 19.8 Å². The van der Waals surface area contributed by atoms with Gasteiger partial charge >= 0.3 is 0 Å². The molecular weight excluding hydrogens is 265 g/mol. The molecule has 0 fully saturated rings. The van der Waals surface area contributed by atoms with Gasteiger partial charge in [-0.3, -0.25) is 4.79 Å². The molecule has 0 N–H and O–H groups in total. The standard InChI is InChI=1S/C14H20FNO4/c1-16(14(17)11-19-10-9-18-2)7-8-20-13-6-4-3-5-12(13)15/h3-6H,7-11H2,1-2H3. The van der Waals surface area contributed by atoms with E-state index in [0.29, 0.717) is 19.8 Å². The molecule has 1 amide bonds. The zero-order chi connectivity index (χ0) is 14.8. The lowest BCUT2D eigenvalue weighted by molar-refractivity contribution is -0.135. The van der Waals surface area contributed by atoms with Gasteiger partial charge in [-0.25, -0.2) is 4.39 Å². The molecule has 0 aliphatic rings. The van der Waals surface area contributed by atoms with Crippen molar-refractivity contribution in [1.82, 2.24) is 4.90 Å². The van der Waals surface area contributed by atoms with E-state index in [1.54, 1.807) is 32.4 Å². The fourth-order valence-corrected chi connectivity index (χ4v) is 1.39. The van der Waals surface area contributed by atoms with Gasteiger partial charge in [0, 0.05) is 14.2 Å². The minimum absolute atomic E-state index is 0.000438. The zero-order valence-electron chi connectivity index (χ0n) is 11.8. The molecule has 0 aliphatic carbocycles. The number of rotatable bonds is 9. The molecule has 5 nitrogen and oxygen atoms in total. The largest absolute Gasteiger partial charge is 0.489 e. The van der Waals surface area contributed by atoms with E-state index in [1.807, 2.05) is 0 Å². The molecule has 1 aromatic carbocycles. The SMILES string of the molecule is COCCOCC(=O)N(C)CCOc1ccccc1F. The van der Waals surface area contributed by atoms with Crippen LogP contribution in [0.1, 0.15) is 0 Å². The minimum atomic E-state index is -0.413. The van der Waals surface area contributed by atoms with Crippen molar-refractivity contribution in [2.45, 2.75) is 0 Å². The van der Waals surface area contributed by atoms with Crippen molar-refractivity contribution < 1.29 is 23.4 Å². The number of carbonyl (C=O) groups excluding carboxylic acids is 1. The number of hydrogen-bond donors (Lipinski definition) is 0. The number of methoxy groups -OCH3 is 1. The summed E-state index contributed by atoms with van der Waals surface area (Å²) in [7, 11) is 3.21.